The van der Waals surface area contributed by atoms with Crippen LogP contribution in [0.2, 0.25) is 0 Å². The van der Waals surface area contributed by atoms with Crippen LogP contribution in [-0.2, 0) is 32.2 Å². The van der Waals surface area contributed by atoms with Crippen molar-refractivity contribution in [1.29, 1.82) is 10.5 Å². The summed E-state index contributed by atoms with van der Waals surface area (Å²) in [7, 11) is 0. The third kappa shape index (κ3) is 16.4. The highest BCUT2D eigenvalue weighted by molar-refractivity contribution is 6.00. The van der Waals surface area contributed by atoms with Crippen molar-refractivity contribution >= 4 is 11.9 Å². The third-order valence-electron chi connectivity index (χ3n) is 11.3. The van der Waals surface area contributed by atoms with Crippen LogP contribution in [-0.4, -0.2) is 25.2 Å². The summed E-state index contributed by atoms with van der Waals surface area (Å²) in [5.41, 5.74) is 3.76. The van der Waals surface area contributed by atoms with Gasteiger partial charge in [0, 0.05) is 24.3 Å². The minimum atomic E-state index is -0.768. The van der Waals surface area contributed by atoms with Gasteiger partial charge in [-0.05, 0) is 18.4 Å². The molecule has 4 rings (SSSR count). The van der Waals surface area contributed by atoms with Crippen molar-refractivity contribution in [2.45, 2.75) is 161 Å². The van der Waals surface area contributed by atoms with Gasteiger partial charge >= 0.3 is 11.9 Å². The molecule has 0 fully saturated rings. The second kappa shape index (κ2) is 28.2. The average Bonchev–Trinajstić information content (AvgIpc) is 3.27. The second-order valence-electron chi connectivity index (χ2n) is 16.1. The molecule has 0 atom stereocenters. The Morgan fingerprint density at radius 3 is 1.23 bits per heavy atom. The van der Waals surface area contributed by atoms with Gasteiger partial charge in [0.15, 0.2) is 37.9 Å². The van der Waals surface area contributed by atoms with E-state index in [4.69, 9.17) is 9.47 Å². The van der Waals surface area contributed by atoms with Crippen LogP contribution in [0.4, 0.5) is 0 Å². The number of rotatable bonds is 29. The van der Waals surface area contributed by atoms with Crippen molar-refractivity contribution < 1.29 is 28.2 Å². The number of benzene rings is 1. The third-order valence-corrected chi connectivity index (χ3v) is 11.3. The van der Waals surface area contributed by atoms with Gasteiger partial charge in [-0.1, -0.05) is 160 Å². The van der Waals surface area contributed by atoms with E-state index in [-0.39, 0.29) is 26.3 Å². The number of carbonyl (C=O) groups excluding carboxylic acids is 2. The summed E-state index contributed by atoms with van der Waals surface area (Å²) in [6.45, 7) is 5.58. The molecule has 0 aliphatic carbocycles. The van der Waals surface area contributed by atoms with Crippen LogP contribution in [0.25, 0.3) is 0 Å². The quantitative estimate of drug-likeness (QED) is 0.0421. The van der Waals surface area contributed by atoms with Gasteiger partial charge < -0.3 is 14.8 Å². The number of esters is 2. The molecule has 1 aliphatic heterocycles. The first-order valence-corrected chi connectivity index (χ1v) is 22.9. The lowest BCUT2D eigenvalue weighted by molar-refractivity contribution is -0.692. The van der Waals surface area contributed by atoms with Gasteiger partial charge in [-0.3, -0.25) is 0 Å². The van der Waals surface area contributed by atoms with Crippen LogP contribution in [0, 0.1) is 22.7 Å². The minimum absolute atomic E-state index is 0.264. The standard InChI is InChI=1S/C51H68N5O4/c1-3-5-7-9-11-13-15-17-19-24-36-59-50(57)48-45(40-55-32-28-42(38-52)29-33-55)54-46(41-56-34-30-43(39-53)31-35-56)49(47(48)44-26-22-21-23-27-44)51(58)60-37-25-20-18-16-14-12-10-8-6-4-2/h21-23,26-35,47H,3-20,24-25,36-37,40-41H2,1-2H3/q+1/p+1. The molecule has 0 radical (unpaired) electrons. The van der Waals surface area contributed by atoms with Crippen LogP contribution in [0.1, 0.15) is 165 Å². The Morgan fingerprint density at radius 1 is 0.533 bits per heavy atom. The van der Waals surface area contributed by atoms with Crippen molar-refractivity contribution in [2.24, 2.45) is 0 Å². The van der Waals surface area contributed by atoms with Gasteiger partial charge in [0.05, 0.1) is 64.9 Å². The number of dihydropyridines is 1. The number of carbonyl (C=O) groups is 2. The molecule has 0 saturated carbocycles. The van der Waals surface area contributed by atoms with Gasteiger partial charge in [0.1, 0.15) is 0 Å². The fourth-order valence-corrected chi connectivity index (χ4v) is 7.82. The lowest BCUT2D eigenvalue weighted by Crippen LogP contribution is -2.45. The zero-order valence-electron chi connectivity index (χ0n) is 36.5. The number of hydrogen-bond acceptors (Lipinski definition) is 7. The molecule has 0 unspecified atom stereocenters. The Bertz CT molecular complexity index is 1760. The Labute approximate surface area is 360 Å². The molecule has 9 heteroatoms. The Balaban J connectivity index is 1.60. The molecular weight excluding hydrogens is 747 g/mol. The first kappa shape index (κ1) is 47.4. The van der Waals surface area contributed by atoms with E-state index in [0.717, 1.165) is 44.1 Å². The van der Waals surface area contributed by atoms with Crippen molar-refractivity contribution in [3.05, 3.63) is 119 Å². The van der Waals surface area contributed by atoms with Crippen molar-refractivity contribution in [3.63, 3.8) is 0 Å². The number of pyridine rings is 2. The fraction of sp³-hybridized carbons (Fsp3) is 0.529. The minimum Gasteiger partial charge on any atom is -0.462 e. The lowest BCUT2D eigenvalue weighted by atomic mass is 9.80. The van der Waals surface area contributed by atoms with E-state index in [2.05, 4.69) is 31.3 Å². The van der Waals surface area contributed by atoms with Gasteiger partial charge in [-0.15, -0.1) is 0 Å². The van der Waals surface area contributed by atoms with E-state index >= 15 is 0 Å². The summed E-state index contributed by atoms with van der Waals surface area (Å²) < 4.78 is 16.0. The number of nitrogens with zero attached hydrogens (tertiary/aromatic N) is 4. The largest absolute Gasteiger partial charge is 0.462 e. The molecule has 1 aliphatic rings. The van der Waals surface area contributed by atoms with E-state index in [9.17, 15) is 20.1 Å². The number of allylic oxidation sites excluding steroid dienone is 2. The maximum atomic E-state index is 14.5. The van der Waals surface area contributed by atoms with Gasteiger partial charge in [0.2, 0.25) is 0 Å². The number of hydrogen-bond donors (Lipinski definition) is 1. The monoisotopic (exact) mass is 816 g/mol. The normalized spacial score (nSPS) is 12.8. The molecular formula is C51H69N5O4+2. The Morgan fingerprint density at radius 2 is 0.883 bits per heavy atom. The SMILES string of the molecule is CCCCCCCCCCCCOC(=O)C1=C(C[n+]2ccc(C#N)cc2)NC(C[n+]2ccc(C#N)cc2)=C(C(=O)OCCCCCCCCCCCC)C1c1ccccc1. The van der Waals surface area contributed by atoms with Crippen LogP contribution in [0.3, 0.4) is 0 Å². The summed E-state index contributed by atoms with van der Waals surface area (Å²) >= 11 is 0. The number of unbranched alkanes of at least 4 members (excludes halogenated alkanes) is 18. The van der Waals surface area contributed by atoms with Crippen molar-refractivity contribution in [1.82, 2.24) is 5.32 Å². The fourth-order valence-electron chi connectivity index (χ4n) is 7.82. The molecule has 1 N–H and O–H groups in total. The Kier molecular flexibility index (Phi) is 22.3. The number of nitrogens with one attached hydrogen (secondary N) is 1. The zero-order chi connectivity index (χ0) is 42.6. The first-order chi connectivity index (χ1) is 29.5. The highest BCUT2D eigenvalue weighted by Gasteiger charge is 2.42. The first-order valence-electron chi connectivity index (χ1n) is 22.9. The van der Waals surface area contributed by atoms with Gasteiger partial charge in [0.25, 0.3) is 0 Å². The molecule has 0 bridgehead atoms. The topological polar surface area (TPSA) is 120 Å². The van der Waals surface area contributed by atoms with E-state index in [1.807, 2.05) is 64.3 Å². The highest BCUT2D eigenvalue weighted by atomic mass is 16.5. The molecule has 9 nitrogen and oxygen atoms in total. The van der Waals surface area contributed by atoms with E-state index < -0.39 is 17.9 Å². The predicted octanol–water partition coefficient (Wildman–Crippen LogP) is 10.5. The van der Waals surface area contributed by atoms with Crippen LogP contribution >= 0.6 is 0 Å². The average molecular weight is 816 g/mol. The van der Waals surface area contributed by atoms with Crippen LogP contribution in [0.15, 0.2) is 102 Å². The molecule has 320 valence electrons. The second-order valence-corrected chi connectivity index (χ2v) is 16.1. The van der Waals surface area contributed by atoms with Crippen molar-refractivity contribution in [3.8, 4) is 12.1 Å². The number of ether oxygens (including phenoxy) is 2. The maximum Gasteiger partial charge on any atom is 0.337 e. The molecule has 1 aromatic carbocycles. The lowest BCUT2D eigenvalue weighted by Gasteiger charge is -2.31. The highest BCUT2D eigenvalue weighted by Crippen LogP contribution is 2.40. The predicted molar refractivity (Wildman–Crippen MR) is 235 cm³/mol. The van der Waals surface area contributed by atoms with Gasteiger partial charge in [-0.25, -0.2) is 9.59 Å². The van der Waals surface area contributed by atoms with Crippen molar-refractivity contribution in [2.75, 3.05) is 13.2 Å². The summed E-state index contributed by atoms with van der Waals surface area (Å²) in [5, 5.41) is 22.5. The summed E-state index contributed by atoms with van der Waals surface area (Å²) in [4.78, 5) is 29.0. The molecule has 0 saturated heterocycles. The number of aromatic nitrogens is 2. The number of nitriles is 2. The molecule has 0 amide bonds. The molecule has 60 heavy (non-hydrogen) atoms. The molecule has 2 aromatic heterocycles. The zero-order valence-corrected chi connectivity index (χ0v) is 36.5. The van der Waals surface area contributed by atoms with E-state index in [1.165, 1.54) is 89.9 Å². The molecule has 3 heterocycles. The molecule has 3 aromatic rings. The summed E-state index contributed by atoms with van der Waals surface area (Å²) in [5.74, 6) is -1.71. The van der Waals surface area contributed by atoms with Crippen LogP contribution in [0.5, 0.6) is 0 Å². The maximum absolute atomic E-state index is 14.5. The molecule has 0 spiro atoms. The smallest absolute Gasteiger partial charge is 0.337 e. The summed E-state index contributed by atoms with van der Waals surface area (Å²) in [6.07, 6.45) is 30.8. The Hall–Kier alpha value is -5.28. The summed E-state index contributed by atoms with van der Waals surface area (Å²) in [6, 6.07) is 20.9. The van der Waals surface area contributed by atoms with Gasteiger partial charge in [-0.2, -0.15) is 19.7 Å². The van der Waals surface area contributed by atoms with E-state index in [0.29, 0.717) is 33.7 Å². The van der Waals surface area contributed by atoms with E-state index in [1.54, 1.807) is 24.3 Å². The van der Waals surface area contributed by atoms with Crippen LogP contribution < -0.4 is 14.5 Å².